The van der Waals surface area contributed by atoms with Gasteiger partial charge in [-0.05, 0) is 47.4 Å². The maximum Gasteiger partial charge on any atom is 0.224 e. The van der Waals surface area contributed by atoms with Crippen LogP contribution >= 0.6 is 0 Å². The van der Waals surface area contributed by atoms with Gasteiger partial charge in [-0.3, -0.25) is 9.59 Å². The van der Waals surface area contributed by atoms with Crippen LogP contribution in [-0.2, 0) is 11.2 Å². The third kappa shape index (κ3) is 9.43. The molecule has 1 amide bonds. The number of fused-ring (bicyclic) bond motifs is 1. The quantitative estimate of drug-likeness (QED) is 0.125. The SMILES string of the molecule is O=C(CCCCCCCCCCCCCCCc1ccccc1)Nc1cccc2c(=O)cc(-c3nnn[nH]3)oc12. The van der Waals surface area contributed by atoms with Gasteiger partial charge in [0.1, 0.15) is 0 Å². The van der Waals surface area contributed by atoms with Crippen molar-refractivity contribution in [2.24, 2.45) is 0 Å². The monoisotopic (exact) mass is 543 g/mol. The minimum Gasteiger partial charge on any atom is -0.450 e. The summed E-state index contributed by atoms with van der Waals surface area (Å²) < 4.78 is 5.87. The van der Waals surface area contributed by atoms with Crippen LogP contribution in [0.25, 0.3) is 22.6 Å². The molecule has 0 aliphatic carbocycles. The lowest BCUT2D eigenvalue weighted by atomic mass is 10.0. The van der Waals surface area contributed by atoms with Crippen molar-refractivity contribution in [3.05, 3.63) is 70.4 Å². The van der Waals surface area contributed by atoms with Gasteiger partial charge in [0, 0.05) is 12.5 Å². The number of hydrogen-bond donors (Lipinski definition) is 2. The summed E-state index contributed by atoms with van der Waals surface area (Å²) in [5.74, 6) is 0.394. The second-order valence-corrected chi connectivity index (χ2v) is 10.5. The summed E-state index contributed by atoms with van der Waals surface area (Å²) in [5.41, 5.74) is 2.03. The summed E-state index contributed by atoms with van der Waals surface area (Å²) in [6, 6.07) is 17.3. The molecule has 2 N–H and O–H groups in total. The fourth-order valence-corrected chi connectivity index (χ4v) is 5.07. The highest BCUT2D eigenvalue weighted by molar-refractivity contribution is 5.99. The number of aromatic amines is 1. The maximum atomic E-state index is 12.6. The molecule has 0 spiro atoms. The van der Waals surface area contributed by atoms with Crippen molar-refractivity contribution in [3.8, 4) is 11.6 Å². The Labute approximate surface area is 236 Å². The van der Waals surface area contributed by atoms with Gasteiger partial charge < -0.3 is 9.73 Å². The standard InChI is InChI=1S/C32H41N5O3/c38-28-24-29(32-34-36-37-35-32)40-31-26(28)21-17-22-27(31)33-30(39)23-16-11-9-7-5-3-1-2-4-6-8-10-13-18-25-19-14-12-15-20-25/h12,14-15,17,19-22,24H,1-11,13,16,18,23H2,(H,33,39)(H,34,35,36,37). The van der Waals surface area contributed by atoms with Crippen molar-refractivity contribution in [1.29, 1.82) is 0 Å². The average Bonchev–Trinajstić information content (AvgIpc) is 3.51. The van der Waals surface area contributed by atoms with Gasteiger partial charge in [-0.15, -0.1) is 5.10 Å². The molecule has 0 aliphatic heterocycles. The molecule has 4 aromatic rings. The van der Waals surface area contributed by atoms with Gasteiger partial charge in [-0.2, -0.15) is 0 Å². The first-order chi connectivity index (χ1) is 19.7. The minimum atomic E-state index is -0.224. The van der Waals surface area contributed by atoms with Crippen molar-refractivity contribution in [3.63, 3.8) is 0 Å². The molecule has 0 saturated carbocycles. The van der Waals surface area contributed by atoms with Gasteiger partial charge >= 0.3 is 0 Å². The number of aryl methyl sites for hydroxylation is 1. The molecule has 212 valence electrons. The zero-order valence-corrected chi connectivity index (χ0v) is 23.4. The molecular weight excluding hydrogens is 502 g/mol. The number of tetrazole rings is 1. The highest BCUT2D eigenvalue weighted by atomic mass is 16.3. The summed E-state index contributed by atoms with van der Waals surface area (Å²) in [4.78, 5) is 25.1. The average molecular weight is 544 g/mol. The first-order valence-electron chi connectivity index (χ1n) is 14.9. The van der Waals surface area contributed by atoms with Crippen molar-refractivity contribution in [2.75, 3.05) is 5.32 Å². The van der Waals surface area contributed by atoms with E-state index in [2.05, 4.69) is 56.3 Å². The highest BCUT2D eigenvalue weighted by Crippen LogP contribution is 2.25. The number of carbonyl (C=O) groups excluding carboxylic acids is 1. The van der Waals surface area contributed by atoms with Crippen LogP contribution in [0.3, 0.4) is 0 Å². The predicted octanol–water partition coefficient (Wildman–Crippen LogP) is 7.62. The largest absolute Gasteiger partial charge is 0.450 e. The van der Waals surface area contributed by atoms with Crippen LogP contribution in [0.15, 0.2) is 63.8 Å². The fraction of sp³-hybridized carbons (Fsp3) is 0.469. The van der Waals surface area contributed by atoms with E-state index in [9.17, 15) is 9.59 Å². The Bertz CT molecular complexity index is 1350. The van der Waals surface area contributed by atoms with Gasteiger partial charge in [0.05, 0.1) is 11.1 Å². The number of nitrogens with zero attached hydrogens (tertiary/aromatic N) is 3. The van der Waals surface area contributed by atoms with Gasteiger partial charge in [-0.25, -0.2) is 5.10 Å². The zero-order chi connectivity index (χ0) is 27.8. The van der Waals surface area contributed by atoms with Crippen LogP contribution in [0.5, 0.6) is 0 Å². The van der Waals surface area contributed by atoms with E-state index < -0.39 is 0 Å². The molecular formula is C32H41N5O3. The Kier molecular flexibility index (Phi) is 11.9. The molecule has 0 fully saturated rings. The van der Waals surface area contributed by atoms with Gasteiger partial charge in [-0.1, -0.05) is 107 Å². The molecule has 0 atom stereocenters. The van der Waals surface area contributed by atoms with Crippen LogP contribution < -0.4 is 10.7 Å². The fourth-order valence-electron chi connectivity index (χ4n) is 5.07. The number of carbonyl (C=O) groups is 1. The Balaban J connectivity index is 1.02. The first-order valence-corrected chi connectivity index (χ1v) is 14.9. The third-order valence-electron chi connectivity index (χ3n) is 7.32. The highest BCUT2D eigenvalue weighted by Gasteiger charge is 2.14. The lowest BCUT2D eigenvalue weighted by Crippen LogP contribution is -2.12. The van der Waals surface area contributed by atoms with E-state index in [1.165, 1.54) is 82.3 Å². The molecule has 0 unspecified atom stereocenters. The third-order valence-corrected chi connectivity index (χ3v) is 7.32. The van der Waals surface area contributed by atoms with Crippen LogP contribution in [0.4, 0.5) is 5.69 Å². The molecule has 2 aromatic heterocycles. The molecule has 8 nitrogen and oxygen atoms in total. The van der Waals surface area contributed by atoms with E-state index in [0.29, 0.717) is 23.1 Å². The van der Waals surface area contributed by atoms with Crippen molar-refractivity contribution < 1.29 is 9.21 Å². The molecule has 0 saturated heterocycles. The summed E-state index contributed by atoms with van der Waals surface area (Å²) in [6.07, 6.45) is 17.9. The smallest absolute Gasteiger partial charge is 0.224 e. The molecule has 2 heterocycles. The van der Waals surface area contributed by atoms with Gasteiger partial charge in [0.15, 0.2) is 16.8 Å². The van der Waals surface area contributed by atoms with E-state index in [0.717, 1.165) is 19.3 Å². The zero-order valence-electron chi connectivity index (χ0n) is 23.4. The van der Waals surface area contributed by atoms with Crippen LogP contribution in [0.2, 0.25) is 0 Å². The van der Waals surface area contributed by atoms with Crippen molar-refractivity contribution in [2.45, 2.75) is 96.3 Å². The van der Waals surface area contributed by atoms with Gasteiger partial charge in [0.2, 0.25) is 11.7 Å². The van der Waals surface area contributed by atoms with E-state index in [1.54, 1.807) is 18.2 Å². The first kappa shape index (κ1) is 29.2. The second kappa shape index (κ2) is 16.3. The number of hydrogen-bond acceptors (Lipinski definition) is 6. The minimum absolute atomic E-state index is 0.0815. The molecule has 4 rings (SSSR count). The molecule has 0 radical (unpaired) electrons. The van der Waals surface area contributed by atoms with Crippen LogP contribution in [-0.4, -0.2) is 26.5 Å². The normalized spacial score (nSPS) is 11.2. The van der Waals surface area contributed by atoms with Crippen molar-refractivity contribution >= 4 is 22.6 Å². The Hall–Kier alpha value is -3.81. The number of amides is 1. The Morgan fingerprint density at radius 3 is 2.08 bits per heavy atom. The summed E-state index contributed by atoms with van der Waals surface area (Å²) in [5, 5.41) is 16.7. The number of rotatable bonds is 18. The summed E-state index contributed by atoms with van der Waals surface area (Å²) >= 11 is 0. The number of benzene rings is 2. The number of H-pyrrole nitrogens is 1. The summed E-state index contributed by atoms with van der Waals surface area (Å²) in [6.45, 7) is 0. The number of nitrogens with one attached hydrogen (secondary N) is 2. The Morgan fingerprint density at radius 1 is 0.775 bits per heavy atom. The second-order valence-electron chi connectivity index (χ2n) is 10.5. The Morgan fingerprint density at radius 2 is 1.43 bits per heavy atom. The summed E-state index contributed by atoms with van der Waals surface area (Å²) in [7, 11) is 0. The topological polar surface area (TPSA) is 114 Å². The number of anilines is 1. The van der Waals surface area contributed by atoms with E-state index in [1.807, 2.05) is 0 Å². The van der Waals surface area contributed by atoms with Crippen LogP contribution in [0.1, 0.15) is 95.5 Å². The lowest BCUT2D eigenvalue weighted by Gasteiger charge is -2.08. The molecule has 8 heteroatoms. The van der Waals surface area contributed by atoms with E-state index >= 15 is 0 Å². The molecule has 0 bridgehead atoms. The lowest BCUT2D eigenvalue weighted by molar-refractivity contribution is -0.116. The van der Waals surface area contributed by atoms with E-state index in [-0.39, 0.29) is 22.9 Å². The van der Waals surface area contributed by atoms with Gasteiger partial charge in [0.25, 0.3) is 0 Å². The number of unbranched alkanes of at least 4 members (excludes halogenated alkanes) is 12. The predicted molar refractivity (Wildman–Crippen MR) is 159 cm³/mol. The number of aromatic nitrogens is 4. The molecule has 2 aromatic carbocycles. The van der Waals surface area contributed by atoms with Crippen LogP contribution in [0, 0.1) is 0 Å². The van der Waals surface area contributed by atoms with E-state index in [4.69, 9.17) is 4.42 Å². The number of para-hydroxylation sites is 1. The molecule has 40 heavy (non-hydrogen) atoms. The maximum absolute atomic E-state index is 12.6. The van der Waals surface area contributed by atoms with Crippen molar-refractivity contribution in [1.82, 2.24) is 20.6 Å². The molecule has 0 aliphatic rings.